The Kier molecular flexibility index (Phi) is 2.10. The van der Waals surface area contributed by atoms with E-state index in [0.717, 1.165) is 5.69 Å². The summed E-state index contributed by atoms with van der Waals surface area (Å²) < 4.78 is 0. The van der Waals surface area contributed by atoms with Crippen LogP contribution < -0.4 is 5.32 Å². The number of carbonyl (C=O) groups is 1. The number of hydrogen-bond acceptors (Lipinski definition) is 3. The average Bonchev–Trinajstić information content (AvgIpc) is 2.47. The van der Waals surface area contributed by atoms with Crippen LogP contribution in [0.5, 0.6) is 0 Å². The lowest BCUT2D eigenvalue weighted by Crippen LogP contribution is -2.21. The predicted molar refractivity (Wildman–Crippen MR) is 53.5 cm³/mol. The maximum absolute atomic E-state index is 11.3. The molecule has 0 spiro atoms. The second kappa shape index (κ2) is 3.41. The molecule has 1 N–H and O–H groups in total. The van der Waals surface area contributed by atoms with Gasteiger partial charge >= 0.3 is 0 Å². The molecule has 0 saturated heterocycles. The minimum absolute atomic E-state index is 0.173. The van der Waals surface area contributed by atoms with Crippen LogP contribution in [0.15, 0.2) is 35.1 Å². The molecule has 1 amide bonds. The van der Waals surface area contributed by atoms with Gasteiger partial charge in [-0.05, 0) is 25.1 Å². The van der Waals surface area contributed by atoms with Crippen LogP contribution in [0.1, 0.15) is 12.6 Å². The largest absolute Gasteiger partial charge is 0.309 e. The van der Waals surface area contributed by atoms with Crippen molar-refractivity contribution in [1.82, 2.24) is 10.3 Å². The first-order valence-electron chi connectivity index (χ1n) is 4.25. The Morgan fingerprint density at radius 1 is 1.43 bits per heavy atom. The molecule has 0 fully saturated rings. The van der Waals surface area contributed by atoms with Gasteiger partial charge in [-0.3, -0.25) is 9.78 Å². The lowest BCUT2D eigenvalue weighted by Gasteiger charge is -1.92. The van der Waals surface area contributed by atoms with Crippen molar-refractivity contribution in [3.05, 3.63) is 35.8 Å². The Labute approximate surface area is 81.4 Å². The Morgan fingerprint density at radius 2 is 2.29 bits per heavy atom. The van der Waals surface area contributed by atoms with E-state index in [2.05, 4.69) is 15.3 Å². The minimum Gasteiger partial charge on any atom is -0.309 e. The lowest BCUT2D eigenvalue weighted by atomic mass is 10.3. The van der Waals surface area contributed by atoms with Gasteiger partial charge in [0, 0.05) is 6.20 Å². The van der Waals surface area contributed by atoms with E-state index in [9.17, 15) is 4.79 Å². The fraction of sp³-hybridized carbons (Fsp3) is 0.100. The molecular formula is C10H9N3O. The first-order valence-corrected chi connectivity index (χ1v) is 4.25. The summed E-state index contributed by atoms with van der Waals surface area (Å²) in [5, 5.41) is 2.60. The quantitative estimate of drug-likeness (QED) is 0.666. The van der Waals surface area contributed by atoms with E-state index in [1.54, 1.807) is 19.2 Å². The van der Waals surface area contributed by atoms with Crippen molar-refractivity contribution in [2.75, 3.05) is 0 Å². The molecule has 0 unspecified atom stereocenters. The second-order valence-electron chi connectivity index (χ2n) is 2.94. The number of aliphatic imine (C=N–C) groups is 1. The van der Waals surface area contributed by atoms with Gasteiger partial charge in [-0.25, -0.2) is 4.99 Å². The number of rotatable bonds is 1. The third-order valence-corrected chi connectivity index (χ3v) is 1.79. The monoisotopic (exact) mass is 187 g/mol. The molecule has 1 aliphatic rings. The van der Waals surface area contributed by atoms with Gasteiger partial charge in [0.15, 0.2) is 0 Å². The summed E-state index contributed by atoms with van der Waals surface area (Å²) in [6, 6.07) is 5.51. The number of amidine groups is 1. The summed E-state index contributed by atoms with van der Waals surface area (Å²) in [4.78, 5) is 19.4. The number of carbonyl (C=O) groups excluding carboxylic acids is 1. The number of aromatic nitrogens is 1. The highest BCUT2D eigenvalue weighted by Crippen LogP contribution is 2.09. The van der Waals surface area contributed by atoms with Gasteiger partial charge < -0.3 is 5.32 Å². The summed E-state index contributed by atoms with van der Waals surface area (Å²) >= 11 is 0. The van der Waals surface area contributed by atoms with Crippen molar-refractivity contribution in [3.63, 3.8) is 0 Å². The van der Waals surface area contributed by atoms with Crippen LogP contribution in [0.3, 0.4) is 0 Å². The van der Waals surface area contributed by atoms with E-state index >= 15 is 0 Å². The highest BCUT2D eigenvalue weighted by Gasteiger charge is 2.16. The van der Waals surface area contributed by atoms with E-state index in [0.29, 0.717) is 11.5 Å². The van der Waals surface area contributed by atoms with Gasteiger partial charge in [0.05, 0.1) is 5.69 Å². The Hall–Kier alpha value is -1.97. The minimum atomic E-state index is -0.173. The molecule has 70 valence electrons. The molecule has 4 nitrogen and oxygen atoms in total. The SMILES string of the molecule is CC1=N/C(=C/c2ccccn2)C(=O)N1. The van der Waals surface area contributed by atoms with Crippen LogP contribution in [0.25, 0.3) is 6.08 Å². The van der Waals surface area contributed by atoms with Crippen molar-refractivity contribution in [3.8, 4) is 0 Å². The lowest BCUT2D eigenvalue weighted by molar-refractivity contribution is -0.115. The predicted octanol–water partition coefficient (Wildman–Crippen LogP) is 0.971. The molecule has 4 heteroatoms. The first kappa shape index (κ1) is 8.62. The Morgan fingerprint density at radius 3 is 2.86 bits per heavy atom. The summed E-state index contributed by atoms with van der Waals surface area (Å²) in [5.41, 5.74) is 1.14. The smallest absolute Gasteiger partial charge is 0.275 e. The maximum atomic E-state index is 11.3. The zero-order valence-corrected chi connectivity index (χ0v) is 7.69. The molecule has 2 rings (SSSR count). The van der Waals surface area contributed by atoms with Crippen molar-refractivity contribution >= 4 is 17.8 Å². The molecule has 0 bridgehead atoms. The molecule has 0 aromatic carbocycles. The zero-order valence-electron chi connectivity index (χ0n) is 7.69. The van der Waals surface area contributed by atoms with Crippen LogP contribution in [0.2, 0.25) is 0 Å². The van der Waals surface area contributed by atoms with E-state index < -0.39 is 0 Å². The molecule has 1 aliphatic heterocycles. The number of hydrogen-bond donors (Lipinski definition) is 1. The van der Waals surface area contributed by atoms with Crippen LogP contribution in [0, 0.1) is 0 Å². The standard InChI is InChI=1S/C10H9N3O/c1-7-12-9(10(14)13-7)6-8-4-2-3-5-11-8/h2-6H,1H3,(H,12,13,14)/b9-6+. The van der Waals surface area contributed by atoms with Crippen LogP contribution in [-0.4, -0.2) is 16.7 Å². The maximum Gasteiger partial charge on any atom is 0.275 e. The van der Waals surface area contributed by atoms with E-state index in [-0.39, 0.29) is 5.91 Å². The van der Waals surface area contributed by atoms with Gasteiger partial charge in [0.2, 0.25) is 0 Å². The Balaban J connectivity index is 2.32. The number of nitrogens with zero attached hydrogens (tertiary/aromatic N) is 2. The third kappa shape index (κ3) is 1.69. The van der Waals surface area contributed by atoms with Crippen LogP contribution in [0.4, 0.5) is 0 Å². The summed E-state index contributed by atoms with van der Waals surface area (Å²) in [5.74, 6) is 0.449. The van der Waals surface area contributed by atoms with E-state index in [1.165, 1.54) is 0 Å². The topological polar surface area (TPSA) is 54.4 Å². The van der Waals surface area contributed by atoms with Crippen LogP contribution >= 0.6 is 0 Å². The molecule has 14 heavy (non-hydrogen) atoms. The van der Waals surface area contributed by atoms with Crippen molar-refractivity contribution in [1.29, 1.82) is 0 Å². The molecule has 1 aromatic rings. The fourth-order valence-electron chi connectivity index (χ4n) is 1.19. The van der Waals surface area contributed by atoms with Gasteiger partial charge in [0.1, 0.15) is 11.5 Å². The first-order chi connectivity index (χ1) is 6.75. The normalized spacial score (nSPS) is 18.2. The third-order valence-electron chi connectivity index (χ3n) is 1.79. The molecular weight excluding hydrogens is 178 g/mol. The summed E-state index contributed by atoms with van der Waals surface area (Å²) in [6.45, 7) is 1.75. The molecule has 0 saturated carbocycles. The molecule has 0 radical (unpaired) electrons. The molecule has 0 aliphatic carbocycles. The highest BCUT2D eigenvalue weighted by atomic mass is 16.2. The van der Waals surface area contributed by atoms with Gasteiger partial charge in [-0.1, -0.05) is 6.07 Å². The Bertz CT molecular complexity index is 420. The van der Waals surface area contributed by atoms with E-state index in [4.69, 9.17) is 0 Å². The van der Waals surface area contributed by atoms with Crippen molar-refractivity contribution < 1.29 is 4.79 Å². The van der Waals surface area contributed by atoms with Crippen molar-refractivity contribution in [2.24, 2.45) is 4.99 Å². The molecule has 1 aromatic heterocycles. The number of nitrogens with one attached hydrogen (secondary N) is 1. The van der Waals surface area contributed by atoms with Crippen LogP contribution in [-0.2, 0) is 4.79 Å². The second-order valence-corrected chi connectivity index (χ2v) is 2.94. The number of pyridine rings is 1. The van der Waals surface area contributed by atoms with Gasteiger partial charge in [0.25, 0.3) is 5.91 Å². The van der Waals surface area contributed by atoms with Gasteiger partial charge in [-0.15, -0.1) is 0 Å². The number of amides is 1. The summed E-state index contributed by atoms with van der Waals surface area (Å²) in [7, 11) is 0. The van der Waals surface area contributed by atoms with E-state index in [1.807, 2.05) is 18.2 Å². The molecule has 2 heterocycles. The summed E-state index contributed by atoms with van der Waals surface area (Å²) in [6.07, 6.45) is 3.33. The van der Waals surface area contributed by atoms with Crippen molar-refractivity contribution in [2.45, 2.75) is 6.92 Å². The zero-order chi connectivity index (χ0) is 9.97. The molecule has 0 atom stereocenters. The highest BCUT2D eigenvalue weighted by molar-refractivity contribution is 6.13. The van der Waals surface area contributed by atoms with Gasteiger partial charge in [-0.2, -0.15) is 0 Å². The average molecular weight is 187 g/mol. The fourth-order valence-corrected chi connectivity index (χ4v) is 1.19.